The zero-order valence-electron chi connectivity index (χ0n) is 16.1. The molecule has 1 amide bonds. The zero-order chi connectivity index (χ0) is 19.1. The van der Waals surface area contributed by atoms with Crippen LogP contribution >= 0.6 is 22.7 Å². The number of aryl methyl sites for hydroxylation is 1. The number of aromatic nitrogens is 3. The molecule has 140 valence electrons. The normalized spacial score (nSPS) is 11.9. The molecule has 8 heteroatoms. The Morgan fingerprint density at radius 1 is 1.23 bits per heavy atom. The molecule has 3 aromatic heterocycles. The Morgan fingerprint density at radius 2 is 1.92 bits per heavy atom. The Bertz CT molecular complexity index is 896. The lowest BCUT2D eigenvalue weighted by Crippen LogP contribution is -2.26. The van der Waals surface area contributed by atoms with Gasteiger partial charge in [0.2, 0.25) is 0 Å². The molecule has 26 heavy (non-hydrogen) atoms. The van der Waals surface area contributed by atoms with E-state index in [2.05, 4.69) is 49.9 Å². The molecule has 1 N–H and O–H groups in total. The maximum atomic E-state index is 12.7. The molecule has 3 heterocycles. The number of nitrogens with one attached hydrogen (secondary N) is 1. The van der Waals surface area contributed by atoms with Gasteiger partial charge in [0.1, 0.15) is 10.6 Å². The summed E-state index contributed by atoms with van der Waals surface area (Å²) in [4.78, 5) is 21.2. The third-order valence-electron chi connectivity index (χ3n) is 4.04. The summed E-state index contributed by atoms with van der Waals surface area (Å²) in [5, 5.41) is 8.52. The van der Waals surface area contributed by atoms with E-state index in [0.717, 1.165) is 33.4 Å². The van der Waals surface area contributed by atoms with Crippen LogP contribution in [0.25, 0.3) is 9.53 Å². The van der Waals surface area contributed by atoms with Crippen molar-refractivity contribution in [3.63, 3.8) is 0 Å². The standard InChI is InChI=1S/C18H25N5OS2/c1-7-22(8-2)17-20-16-13(26-17)10-12(25-16)15(24)19-14-9-11(3)21-23(14)18(4,5)6/h9-10H,7-8H2,1-6H3,(H,19,24). The van der Waals surface area contributed by atoms with Crippen LogP contribution in [0.15, 0.2) is 12.1 Å². The summed E-state index contributed by atoms with van der Waals surface area (Å²) in [6, 6.07) is 3.83. The van der Waals surface area contributed by atoms with Crippen LogP contribution in [0.2, 0.25) is 0 Å². The first-order chi connectivity index (χ1) is 12.2. The van der Waals surface area contributed by atoms with Gasteiger partial charge in [0.05, 0.1) is 20.8 Å². The van der Waals surface area contributed by atoms with Gasteiger partial charge in [0, 0.05) is 19.2 Å². The highest BCUT2D eigenvalue weighted by molar-refractivity contribution is 7.29. The van der Waals surface area contributed by atoms with E-state index in [4.69, 9.17) is 4.98 Å². The second-order valence-corrected chi connectivity index (χ2v) is 9.20. The minimum Gasteiger partial charge on any atom is -0.349 e. The van der Waals surface area contributed by atoms with Gasteiger partial charge in [-0.25, -0.2) is 9.67 Å². The molecule has 6 nitrogen and oxygen atoms in total. The van der Waals surface area contributed by atoms with E-state index >= 15 is 0 Å². The minimum absolute atomic E-state index is 0.116. The fraction of sp³-hybridized carbons (Fsp3) is 0.500. The topological polar surface area (TPSA) is 63.1 Å². The molecule has 3 rings (SSSR count). The number of fused-ring (bicyclic) bond motifs is 1. The smallest absolute Gasteiger partial charge is 0.267 e. The summed E-state index contributed by atoms with van der Waals surface area (Å²) < 4.78 is 2.91. The molecule has 0 bridgehead atoms. The Labute approximate surface area is 161 Å². The Balaban J connectivity index is 1.84. The van der Waals surface area contributed by atoms with Crippen LogP contribution in [-0.4, -0.2) is 33.8 Å². The number of thiazole rings is 1. The van der Waals surface area contributed by atoms with E-state index < -0.39 is 0 Å². The molecular formula is C18H25N5OS2. The summed E-state index contributed by atoms with van der Waals surface area (Å²) >= 11 is 3.07. The monoisotopic (exact) mass is 391 g/mol. The number of carbonyl (C=O) groups is 1. The van der Waals surface area contributed by atoms with Gasteiger partial charge in [-0.05, 0) is 47.6 Å². The second kappa shape index (κ2) is 7.00. The summed E-state index contributed by atoms with van der Waals surface area (Å²) in [6.07, 6.45) is 0. The molecule has 0 unspecified atom stereocenters. The van der Waals surface area contributed by atoms with Crippen LogP contribution in [0.4, 0.5) is 10.9 Å². The quantitative estimate of drug-likeness (QED) is 0.684. The van der Waals surface area contributed by atoms with Gasteiger partial charge in [-0.2, -0.15) is 5.10 Å². The van der Waals surface area contributed by atoms with Gasteiger partial charge >= 0.3 is 0 Å². The molecule has 0 aliphatic carbocycles. The van der Waals surface area contributed by atoms with Crippen LogP contribution in [0.1, 0.15) is 50.0 Å². The number of thiophene rings is 1. The lowest BCUT2D eigenvalue weighted by molar-refractivity contribution is 0.102. The van der Waals surface area contributed by atoms with Crippen LogP contribution in [0, 0.1) is 6.92 Å². The van der Waals surface area contributed by atoms with Crippen molar-refractivity contribution in [2.45, 2.75) is 47.1 Å². The van der Waals surface area contributed by atoms with Crippen LogP contribution in [0.3, 0.4) is 0 Å². The van der Waals surface area contributed by atoms with Crippen molar-refractivity contribution >= 4 is 49.1 Å². The van der Waals surface area contributed by atoms with Crippen molar-refractivity contribution in [1.82, 2.24) is 14.8 Å². The number of amides is 1. The molecule has 0 atom stereocenters. The highest BCUT2D eigenvalue weighted by Gasteiger charge is 2.22. The summed E-state index contributed by atoms with van der Waals surface area (Å²) in [5.74, 6) is 0.600. The highest BCUT2D eigenvalue weighted by atomic mass is 32.1. The summed E-state index contributed by atoms with van der Waals surface area (Å²) in [5.41, 5.74) is 0.681. The molecule has 0 aromatic carbocycles. The number of hydrogen-bond acceptors (Lipinski definition) is 6. The molecule has 0 saturated heterocycles. The Kier molecular flexibility index (Phi) is 5.07. The van der Waals surface area contributed by atoms with E-state index in [1.54, 1.807) is 11.3 Å². The zero-order valence-corrected chi connectivity index (χ0v) is 17.7. The van der Waals surface area contributed by atoms with Crippen LogP contribution < -0.4 is 10.2 Å². The fourth-order valence-corrected chi connectivity index (χ4v) is 4.98. The maximum absolute atomic E-state index is 12.7. The van der Waals surface area contributed by atoms with E-state index in [9.17, 15) is 4.79 Å². The Morgan fingerprint density at radius 3 is 2.50 bits per heavy atom. The first kappa shape index (κ1) is 18.8. The van der Waals surface area contributed by atoms with Gasteiger partial charge in [-0.15, -0.1) is 11.3 Å². The van der Waals surface area contributed by atoms with E-state index in [0.29, 0.717) is 10.7 Å². The molecule has 0 fully saturated rings. The molecule has 0 aliphatic rings. The minimum atomic E-state index is -0.201. The average Bonchev–Trinajstić information content (AvgIpc) is 3.20. The van der Waals surface area contributed by atoms with Gasteiger partial charge in [0.15, 0.2) is 5.13 Å². The van der Waals surface area contributed by atoms with Crippen molar-refractivity contribution in [1.29, 1.82) is 0 Å². The molecule has 0 radical (unpaired) electrons. The van der Waals surface area contributed by atoms with Gasteiger partial charge < -0.3 is 10.2 Å². The fourth-order valence-electron chi connectivity index (χ4n) is 2.74. The summed E-state index contributed by atoms with van der Waals surface area (Å²) in [6.45, 7) is 14.2. The van der Waals surface area contributed by atoms with Gasteiger partial charge in [-0.1, -0.05) is 11.3 Å². The van der Waals surface area contributed by atoms with Crippen molar-refractivity contribution in [2.24, 2.45) is 0 Å². The number of rotatable bonds is 5. The van der Waals surface area contributed by atoms with E-state index in [-0.39, 0.29) is 11.4 Å². The molecular weight excluding hydrogens is 366 g/mol. The number of carbonyl (C=O) groups excluding carboxylic acids is 1. The molecule has 0 aliphatic heterocycles. The largest absolute Gasteiger partial charge is 0.349 e. The molecule has 0 saturated carbocycles. The first-order valence-corrected chi connectivity index (χ1v) is 10.4. The van der Waals surface area contributed by atoms with Crippen LogP contribution in [-0.2, 0) is 5.54 Å². The van der Waals surface area contributed by atoms with Crippen LogP contribution in [0.5, 0.6) is 0 Å². The molecule has 3 aromatic rings. The van der Waals surface area contributed by atoms with Gasteiger partial charge in [0.25, 0.3) is 5.91 Å². The second-order valence-electron chi connectivity index (χ2n) is 7.16. The third kappa shape index (κ3) is 3.61. The van der Waals surface area contributed by atoms with Crippen molar-refractivity contribution in [3.8, 4) is 0 Å². The number of nitrogens with zero attached hydrogens (tertiary/aromatic N) is 4. The van der Waals surface area contributed by atoms with E-state index in [1.165, 1.54) is 11.3 Å². The highest BCUT2D eigenvalue weighted by Crippen LogP contribution is 2.35. The summed E-state index contributed by atoms with van der Waals surface area (Å²) in [7, 11) is 0. The Hall–Kier alpha value is -1.93. The lowest BCUT2D eigenvalue weighted by atomic mass is 10.1. The molecule has 0 spiro atoms. The lowest BCUT2D eigenvalue weighted by Gasteiger charge is -2.22. The first-order valence-electron chi connectivity index (χ1n) is 8.76. The van der Waals surface area contributed by atoms with Crippen molar-refractivity contribution in [2.75, 3.05) is 23.3 Å². The average molecular weight is 392 g/mol. The maximum Gasteiger partial charge on any atom is 0.267 e. The van der Waals surface area contributed by atoms with E-state index in [1.807, 2.05) is 23.7 Å². The predicted molar refractivity (Wildman–Crippen MR) is 111 cm³/mol. The predicted octanol–water partition coefficient (Wildman–Crippen LogP) is 4.72. The van der Waals surface area contributed by atoms with Gasteiger partial charge in [-0.3, -0.25) is 4.79 Å². The van der Waals surface area contributed by atoms with Crippen molar-refractivity contribution in [3.05, 3.63) is 22.7 Å². The SMILES string of the molecule is CCN(CC)c1nc2sc(C(=O)Nc3cc(C)nn3C(C)(C)C)cc2s1. The third-order valence-corrected chi connectivity index (χ3v) is 6.26. The van der Waals surface area contributed by atoms with Crippen molar-refractivity contribution < 1.29 is 4.79 Å². The number of hydrogen-bond donors (Lipinski definition) is 1. The number of anilines is 2.